The summed E-state index contributed by atoms with van der Waals surface area (Å²) in [6, 6.07) is 8.68. The fourth-order valence-electron chi connectivity index (χ4n) is 2.88. The van der Waals surface area contributed by atoms with Crippen LogP contribution in [0.15, 0.2) is 30.8 Å². The summed E-state index contributed by atoms with van der Waals surface area (Å²) in [6.07, 6.45) is 4.19. The van der Waals surface area contributed by atoms with Crippen molar-refractivity contribution in [2.45, 2.75) is 33.6 Å². The molecule has 0 aliphatic rings. The van der Waals surface area contributed by atoms with Gasteiger partial charge in [-0.25, -0.2) is 0 Å². The van der Waals surface area contributed by atoms with Gasteiger partial charge in [0.1, 0.15) is 0 Å². The topological polar surface area (TPSA) is 0 Å². The van der Waals surface area contributed by atoms with E-state index in [2.05, 4.69) is 51.6 Å². The van der Waals surface area contributed by atoms with Crippen molar-refractivity contribution >= 4 is 16.8 Å². The highest BCUT2D eigenvalue weighted by Gasteiger charge is 2.12. The van der Waals surface area contributed by atoms with E-state index in [1.165, 1.54) is 33.0 Å². The van der Waals surface area contributed by atoms with Gasteiger partial charge in [-0.1, -0.05) is 50.8 Å². The van der Waals surface area contributed by atoms with Crippen molar-refractivity contribution in [2.24, 2.45) is 0 Å². The minimum Gasteiger partial charge on any atom is -0.0984 e. The first-order chi connectivity index (χ1) is 8.24. The third-order valence-corrected chi connectivity index (χ3v) is 3.67. The first kappa shape index (κ1) is 11.9. The zero-order valence-electron chi connectivity index (χ0n) is 11.0. The smallest absolute Gasteiger partial charge is 0.0106 e. The molecule has 17 heavy (non-hydrogen) atoms. The molecular formula is C17H20. The van der Waals surface area contributed by atoms with E-state index in [1.54, 1.807) is 0 Å². The molecule has 0 heteroatoms. The van der Waals surface area contributed by atoms with Crippen molar-refractivity contribution in [3.05, 3.63) is 53.1 Å². The minimum absolute atomic E-state index is 1.10. The third-order valence-electron chi connectivity index (χ3n) is 3.67. The zero-order valence-corrected chi connectivity index (χ0v) is 11.0. The average molecular weight is 224 g/mol. The van der Waals surface area contributed by atoms with E-state index in [1.807, 2.05) is 6.08 Å². The zero-order chi connectivity index (χ0) is 12.4. The molecule has 0 amide bonds. The van der Waals surface area contributed by atoms with Crippen molar-refractivity contribution in [3.8, 4) is 0 Å². The van der Waals surface area contributed by atoms with Crippen LogP contribution in [0.4, 0.5) is 0 Å². The van der Waals surface area contributed by atoms with E-state index >= 15 is 0 Å². The number of hydrogen-bond donors (Lipinski definition) is 0. The number of aryl methyl sites for hydroxylation is 1. The van der Waals surface area contributed by atoms with Crippen LogP contribution in [0, 0.1) is 6.92 Å². The van der Waals surface area contributed by atoms with Crippen molar-refractivity contribution < 1.29 is 0 Å². The van der Waals surface area contributed by atoms with E-state index < -0.39 is 0 Å². The number of hydrogen-bond acceptors (Lipinski definition) is 0. The molecular weight excluding hydrogens is 204 g/mol. The number of rotatable bonds is 3. The Hall–Kier alpha value is -1.56. The Labute approximate surface area is 104 Å². The maximum atomic E-state index is 3.97. The van der Waals surface area contributed by atoms with Crippen molar-refractivity contribution in [1.29, 1.82) is 0 Å². The predicted octanol–water partition coefficient (Wildman–Crippen LogP) is 4.92. The van der Waals surface area contributed by atoms with E-state index in [0.29, 0.717) is 0 Å². The van der Waals surface area contributed by atoms with Crippen LogP contribution >= 0.6 is 0 Å². The SMILES string of the molecule is C=Cc1c(C)c(CC)c(CC)c2ccccc12. The highest BCUT2D eigenvalue weighted by molar-refractivity contribution is 5.95. The molecule has 0 nitrogen and oxygen atoms in total. The molecule has 0 radical (unpaired) electrons. The van der Waals surface area contributed by atoms with Crippen LogP contribution in [0.25, 0.3) is 16.8 Å². The van der Waals surface area contributed by atoms with Crippen LogP contribution in [0.2, 0.25) is 0 Å². The second-order valence-electron chi connectivity index (χ2n) is 4.45. The molecule has 0 spiro atoms. The first-order valence-corrected chi connectivity index (χ1v) is 6.40. The van der Waals surface area contributed by atoms with Crippen LogP contribution in [-0.2, 0) is 12.8 Å². The van der Waals surface area contributed by atoms with Gasteiger partial charge in [0.25, 0.3) is 0 Å². The Morgan fingerprint density at radius 1 is 1.00 bits per heavy atom. The second-order valence-corrected chi connectivity index (χ2v) is 4.45. The van der Waals surface area contributed by atoms with E-state index in [-0.39, 0.29) is 0 Å². The quantitative estimate of drug-likeness (QED) is 0.694. The van der Waals surface area contributed by atoms with Crippen LogP contribution in [0.5, 0.6) is 0 Å². The van der Waals surface area contributed by atoms with Crippen molar-refractivity contribution in [2.75, 3.05) is 0 Å². The van der Waals surface area contributed by atoms with Gasteiger partial charge in [0.2, 0.25) is 0 Å². The summed E-state index contributed by atoms with van der Waals surface area (Å²) < 4.78 is 0. The third kappa shape index (κ3) is 1.78. The van der Waals surface area contributed by atoms with Gasteiger partial charge in [-0.3, -0.25) is 0 Å². The Bertz CT molecular complexity index is 562. The molecule has 88 valence electrons. The standard InChI is InChI=1S/C17H20/c1-5-13-12(4)14(6-2)16-10-8-9-11-17(16)15(13)7-3/h6,8-11H,2,5,7H2,1,3-4H3. The molecule has 0 bridgehead atoms. The highest BCUT2D eigenvalue weighted by Crippen LogP contribution is 2.31. The maximum Gasteiger partial charge on any atom is -0.0106 e. The Morgan fingerprint density at radius 2 is 1.59 bits per heavy atom. The Kier molecular flexibility index (Phi) is 3.33. The van der Waals surface area contributed by atoms with Gasteiger partial charge in [-0.2, -0.15) is 0 Å². The van der Waals surface area contributed by atoms with E-state index in [9.17, 15) is 0 Å². The molecule has 0 saturated carbocycles. The molecule has 0 aliphatic heterocycles. The minimum atomic E-state index is 1.10. The molecule has 0 atom stereocenters. The first-order valence-electron chi connectivity index (χ1n) is 6.40. The van der Waals surface area contributed by atoms with Crippen molar-refractivity contribution in [3.63, 3.8) is 0 Å². The predicted molar refractivity (Wildman–Crippen MR) is 77.5 cm³/mol. The summed E-state index contributed by atoms with van der Waals surface area (Å²) in [5.41, 5.74) is 5.71. The lowest BCUT2D eigenvalue weighted by molar-refractivity contribution is 1.03. The van der Waals surface area contributed by atoms with Crippen molar-refractivity contribution in [1.82, 2.24) is 0 Å². The summed E-state index contributed by atoms with van der Waals surface area (Å²) >= 11 is 0. The molecule has 0 unspecified atom stereocenters. The Balaban J connectivity index is 2.98. The molecule has 0 saturated heterocycles. The van der Waals surface area contributed by atoms with Gasteiger partial charge in [0.05, 0.1) is 0 Å². The molecule has 2 aromatic carbocycles. The summed E-state index contributed by atoms with van der Waals surface area (Å²) in [5, 5.41) is 2.74. The number of fused-ring (bicyclic) bond motifs is 1. The molecule has 0 N–H and O–H groups in total. The summed E-state index contributed by atoms with van der Waals surface area (Å²) in [7, 11) is 0. The highest BCUT2D eigenvalue weighted by atomic mass is 14.2. The largest absolute Gasteiger partial charge is 0.0984 e. The molecule has 2 rings (SSSR count). The fraction of sp³-hybridized carbons (Fsp3) is 0.294. The number of benzene rings is 2. The van der Waals surface area contributed by atoms with Gasteiger partial charge in [0, 0.05) is 0 Å². The van der Waals surface area contributed by atoms with Gasteiger partial charge in [-0.05, 0) is 52.8 Å². The molecule has 0 heterocycles. The summed E-state index contributed by atoms with van der Waals surface area (Å²) in [4.78, 5) is 0. The fourth-order valence-corrected chi connectivity index (χ4v) is 2.88. The summed E-state index contributed by atoms with van der Waals surface area (Å²) in [5.74, 6) is 0. The maximum absolute atomic E-state index is 3.97. The van der Waals surface area contributed by atoms with Gasteiger partial charge >= 0.3 is 0 Å². The molecule has 0 aliphatic carbocycles. The lowest BCUT2D eigenvalue weighted by Crippen LogP contribution is -1.99. The van der Waals surface area contributed by atoms with Crippen LogP contribution < -0.4 is 0 Å². The molecule has 0 fully saturated rings. The van der Waals surface area contributed by atoms with Gasteiger partial charge < -0.3 is 0 Å². The average Bonchev–Trinajstić information content (AvgIpc) is 2.37. The van der Waals surface area contributed by atoms with Gasteiger partial charge in [-0.15, -0.1) is 0 Å². The van der Waals surface area contributed by atoms with Crippen LogP contribution in [0.1, 0.15) is 36.1 Å². The van der Waals surface area contributed by atoms with Crippen LogP contribution in [-0.4, -0.2) is 0 Å². The lowest BCUT2D eigenvalue weighted by Gasteiger charge is -2.17. The van der Waals surface area contributed by atoms with Crippen LogP contribution in [0.3, 0.4) is 0 Å². The molecule has 0 aromatic heterocycles. The van der Waals surface area contributed by atoms with E-state index in [0.717, 1.165) is 12.8 Å². The summed E-state index contributed by atoms with van der Waals surface area (Å²) in [6.45, 7) is 10.7. The monoisotopic (exact) mass is 224 g/mol. The normalized spacial score (nSPS) is 10.8. The second kappa shape index (κ2) is 4.75. The lowest BCUT2D eigenvalue weighted by atomic mass is 9.87. The molecule has 2 aromatic rings. The Morgan fingerprint density at radius 3 is 2.12 bits per heavy atom. The van der Waals surface area contributed by atoms with E-state index in [4.69, 9.17) is 0 Å². The van der Waals surface area contributed by atoms with Gasteiger partial charge in [0.15, 0.2) is 0 Å².